The molecule has 6 rings (SSSR count). The maximum atomic E-state index is 14.4. The van der Waals surface area contributed by atoms with Crippen LogP contribution in [0.2, 0.25) is 0 Å². The molecule has 7 nitrogen and oxygen atoms in total. The highest BCUT2D eigenvalue weighted by Gasteiger charge is 2.54. The number of rotatable bonds is 5. The van der Waals surface area contributed by atoms with E-state index in [9.17, 15) is 4.39 Å². The second-order valence-electron chi connectivity index (χ2n) is 8.81. The van der Waals surface area contributed by atoms with Crippen LogP contribution in [0.4, 0.5) is 15.9 Å². The molecule has 32 heavy (non-hydrogen) atoms. The van der Waals surface area contributed by atoms with Gasteiger partial charge in [-0.05, 0) is 53.6 Å². The highest BCUT2D eigenvalue weighted by molar-refractivity contribution is 5.88. The van der Waals surface area contributed by atoms with Crippen molar-refractivity contribution in [2.24, 2.45) is 17.6 Å². The van der Waals surface area contributed by atoms with Crippen molar-refractivity contribution in [3.05, 3.63) is 53.2 Å². The number of hydrogen-bond donors (Lipinski definition) is 2. The van der Waals surface area contributed by atoms with Gasteiger partial charge in [0, 0.05) is 49.5 Å². The van der Waals surface area contributed by atoms with Crippen LogP contribution in [0.25, 0.3) is 11.1 Å². The van der Waals surface area contributed by atoms with E-state index in [0.29, 0.717) is 24.0 Å². The molecule has 1 aliphatic heterocycles. The number of ether oxygens (including phenoxy) is 1. The first-order valence-corrected chi connectivity index (χ1v) is 11.1. The normalized spacial score (nSPS) is 22.4. The molecule has 164 valence electrons. The minimum atomic E-state index is -0.277. The van der Waals surface area contributed by atoms with E-state index in [4.69, 9.17) is 20.4 Å². The Kier molecular flexibility index (Phi) is 4.33. The molecule has 0 bridgehead atoms. The molecular weight excluding hydrogens is 407 g/mol. The third kappa shape index (κ3) is 3.01. The molecule has 3 N–H and O–H groups in total. The van der Waals surface area contributed by atoms with Gasteiger partial charge in [0.25, 0.3) is 0 Å². The lowest BCUT2D eigenvalue weighted by Gasteiger charge is -2.23. The molecule has 2 aromatic heterocycles. The Balaban J connectivity index is 1.43. The summed E-state index contributed by atoms with van der Waals surface area (Å²) in [5.41, 5.74) is 11.6. The molecule has 2 unspecified atom stereocenters. The summed E-state index contributed by atoms with van der Waals surface area (Å²) in [5.74, 6) is 2.11. The van der Waals surface area contributed by atoms with Crippen molar-refractivity contribution < 1.29 is 9.13 Å². The number of aromatic nitrogens is 3. The van der Waals surface area contributed by atoms with Gasteiger partial charge in [0.1, 0.15) is 17.4 Å². The van der Waals surface area contributed by atoms with Gasteiger partial charge in [0.2, 0.25) is 0 Å². The van der Waals surface area contributed by atoms with E-state index in [1.54, 1.807) is 12.3 Å². The van der Waals surface area contributed by atoms with E-state index in [2.05, 4.69) is 22.1 Å². The van der Waals surface area contributed by atoms with E-state index >= 15 is 0 Å². The largest absolute Gasteiger partial charge is 0.423 e. The number of aryl methyl sites for hydroxylation is 1. The van der Waals surface area contributed by atoms with Gasteiger partial charge in [-0.1, -0.05) is 6.92 Å². The number of nitrogens with one attached hydrogen (secondary N) is 1. The average Bonchev–Trinajstić information content (AvgIpc) is 3.13. The van der Waals surface area contributed by atoms with Crippen molar-refractivity contribution in [2.45, 2.75) is 25.8 Å². The van der Waals surface area contributed by atoms with Crippen LogP contribution in [0.3, 0.4) is 0 Å². The number of halogens is 1. The molecule has 3 aliphatic rings. The summed E-state index contributed by atoms with van der Waals surface area (Å²) < 4.78 is 20.4. The number of anilines is 2. The maximum absolute atomic E-state index is 14.4. The van der Waals surface area contributed by atoms with Crippen molar-refractivity contribution in [3.63, 3.8) is 0 Å². The van der Waals surface area contributed by atoms with E-state index in [1.807, 2.05) is 19.2 Å². The molecule has 3 aromatic rings. The van der Waals surface area contributed by atoms with Gasteiger partial charge >= 0.3 is 6.01 Å². The molecule has 8 heteroatoms. The van der Waals surface area contributed by atoms with Gasteiger partial charge in [0.05, 0.1) is 11.9 Å². The molecule has 3 heterocycles. The Morgan fingerprint density at radius 1 is 1.22 bits per heavy atom. The number of nitrogens with zero attached hydrogens (tertiary/aromatic N) is 4. The molecule has 0 radical (unpaired) electrons. The fourth-order valence-electron chi connectivity index (χ4n) is 5.12. The van der Waals surface area contributed by atoms with Crippen LogP contribution in [0.15, 0.2) is 30.5 Å². The summed E-state index contributed by atoms with van der Waals surface area (Å²) >= 11 is 0. The summed E-state index contributed by atoms with van der Waals surface area (Å²) in [4.78, 5) is 16.2. The summed E-state index contributed by atoms with van der Waals surface area (Å²) in [6.45, 7) is 3.77. The zero-order chi connectivity index (χ0) is 22.0. The minimum Gasteiger partial charge on any atom is -0.423 e. The second-order valence-corrected chi connectivity index (χ2v) is 8.81. The first-order chi connectivity index (χ1) is 15.6. The lowest BCUT2D eigenvalue weighted by atomic mass is 10.0. The van der Waals surface area contributed by atoms with Crippen LogP contribution in [0, 0.1) is 17.7 Å². The van der Waals surface area contributed by atoms with Gasteiger partial charge in [-0.25, -0.2) is 4.39 Å². The van der Waals surface area contributed by atoms with Gasteiger partial charge in [-0.3, -0.25) is 4.98 Å². The maximum Gasteiger partial charge on any atom is 0.324 e. The molecule has 2 atom stereocenters. The molecule has 1 aromatic carbocycles. The molecule has 1 saturated heterocycles. The van der Waals surface area contributed by atoms with E-state index in [-0.39, 0.29) is 17.9 Å². The van der Waals surface area contributed by atoms with Crippen LogP contribution < -0.4 is 20.7 Å². The zero-order valence-electron chi connectivity index (χ0n) is 18.1. The fourth-order valence-corrected chi connectivity index (χ4v) is 5.12. The summed E-state index contributed by atoms with van der Waals surface area (Å²) in [6, 6.07) is 7.51. The zero-order valence-corrected chi connectivity index (χ0v) is 18.1. The Morgan fingerprint density at radius 2 is 2.03 bits per heavy atom. The van der Waals surface area contributed by atoms with Crippen molar-refractivity contribution in [1.82, 2.24) is 15.0 Å². The van der Waals surface area contributed by atoms with Crippen LogP contribution >= 0.6 is 0 Å². The third-order valence-corrected chi connectivity index (χ3v) is 6.97. The van der Waals surface area contributed by atoms with Gasteiger partial charge in [-0.15, -0.1) is 0 Å². The van der Waals surface area contributed by atoms with Gasteiger partial charge < -0.3 is 20.7 Å². The molecule has 0 spiro atoms. The number of pyridine rings is 1. The fraction of sp³-hybridized carbons (Fsp3) is 0.375. The Labute approximate surface area is 185 Å². The van der Waals surface area contributed by atoms with E-state index < -0.39 is 0 Å². The molecule has 2 aliphatic carbocycles. The monoisotopic (exact) mass is 432 g/mol. The topological polar surface area (TPSA) is 89.2 Å². The van der Waals surface area contributed by atoms with Crippen LogP contribution in [-0.4, -0.2) is 41.1 Å². The number of fused-ring (bicyclic) bond motifs is 4. The van der Waals surface area contributed by atoms with Crippen molar-refractivity contribution in [3.8, 4) is 22.9 Å². The lowest BCUT2D eigenvalue weighted by molar-refractivity contribution is 0.438. The van der Waals surface area contributed by atoms with E-state index in [0.717, 1.165) is 59.1 Å². The molecular formula is C24H25FN6O. The molecule has 2 fully saturated rings. The Morgan fingerprint density at radius 3 is 2.72 bits per heavy atom. The molecule has 1 saturated carbocycles. The first kappa shape index (κ1) is 19.4. The quantitative estimate of drug-likeness (QED) is 0.500. The smallest absolute Gasteiger partial charge is 0.324 e. The first-order valence-electron chi connectivity index (χ1n) is 11.1. The molecule has 0 amide bonds. The van der Waals surface area contributed by atoms with Gasteiger partial charge in [0.15, 0.2) is 0 Å². The predicted octanol–water partition coefficient (Wildman–Crippen LogP) is 3.37. The third-order valence-electron chi connectivity index (χ3n) is 6.97. The van der Waals surface area contributed by atoms with Crippen LogP contribution in [0.1, 0.15) is 23.9 Å². The SMILES string of the molecule is CCc1ccc(Oc2nc3c(c(N4CC5C(N)C5C4)n2)-c2cc(F)cc(NC)c2C3)cn1. The number of nitrogens with two attached hydrogens (primary N) is 1. The van der Waals surface area contributed by atoms with Gasteiger partial charge in [-0.2, -0.15) is 9.97 Å². The number of piperidine rings is 1. The van der Waals surface area contributed by atoms with Crippen molar-refractivity contribution in [2.75, 3.05) is 30.4 Å². The highest BCUT2D eigenvalue weighted by atomic mass is 19.1. The minimum absolute atomic E-state index is 0.277. The average molecular weight is 433 g/mol. The summed E-state index contributed by atoms with van der Waals surface area (Å²) in [7, 11) is 1.81. The van der Waals surface area contributed by atoms with Crippen LogP contribution in [0.5, 0.6) is 11.8 Å². The summed E-state index contributed by atoms with van der Waals surface area (Å²) in [5, 5.41) is 3.12. The summed E-state index contributed by atoms with van der Waals surface area (Å²) in [6.07, 6.45) is 3.16. The van der Waals surface area contributed by atoms with E-state index in [1.165, 1.54) is 6.07 Å². The highest BCUT2D eigenvalue weighted by Crippen LogP contribution is 2.50. The van der Waals surface area contributed by atoms with Crippen molar-refractivity contribution in [1.29, 1.82) is 0 Å². The predicted molar refractivity (Wildman–Crippen MR) is 121 cm³/mol. The number of hydrogen-bond acceptors (Lipinski definition) is 7. The Hall–Kier alpha value is -3.26. The van der Waals surface area contributed by atoms with Crippen LogP contribution in [-0.2, 0) is 12.8 Å². The standard InChI is InChI=1S/C24H25FN6O/c1-3-13-4-5-14(9-28-13)32-24-29-20-8-15-16(6-12(25)7-19(15)27-2)21(20)23(30-24)31-10-17-18(11-31)22(17)26/h4-7,9,17-18,22,27H,3,8,10-11,26H2,1-2H3. The van der Waals surface area contributed by atoms with Crippen molar-refractivity contribution >= 4 is 11.5 Å². The lowest BCUT2D eigenvalue weighted by Crippen LogP contribution is -2.29. The number of benzene rings is 1. The second kappa shape index (κ2) is 7.13. The Bertz CT molecular complexity index is 1200.